The molecule has 25 heavy (non-hydrogen) atoms. The van der Waals surface area contributed by atoms with Gasteiger partial charge in [0.25, 0.3) is 0 Å². The smallest absolute Gasteiger partial charge is 0.350 e. The zero-order valence-electron chi connectivity index (χ0n) is 14.8. The summed E-state index contributed by atoms with van der Waals surface area (Å²) >= 11 is 0. The maximum absolute atomic E-state index is 13.8. The van der Waals surface area contributed by atoms with E-state index in [9.17, 15) is 9.18 Å². The third-order valence-corrected chi connectivity index (χ3v) is 5.70. The number of nitrogens with one attached hydrogen (secondary N) is 1. The summed E-state index contributed by atoms with van der Waals surface area (Å²) in [4.78, 5) is 21.4. The lowest BCUT2D eigenvalue weighted by molar-refractivity contribution is 0.246. The molecule has 4 rings (SSSR count). The molecule has 0 radical (unpaired) electrons. The topological polar surface area (TPSA) is 47.9 Å². The number of rotatable bonds is 1. The number of carbonyl (C=O) groups excluding carboxylic acids is 1. The molecule has 0 saturated carbocycles. The van der Waals surface area contributed by atoms with Gasteiger partial charge in [-0.15, -0.1) is 0 Å². The zero-order valence-corrected chi connectivity index (χ0v) is 14.8. The summed E-state index contributed by atoms with van der Waals surface area (Å²) in [7, 11) is 0. The molecule has 5 nitrogen and oxygen atoms in total. The summed E-state index contributed by atoms with van der Waals surface area (Å²) in [5, 5.41) is 3.47. The largest absolute Gasteiger partial charge is 0.358 e. The Balaban J connectivity index is 1.77. The number of amides is 2. The summed E-state index contributed by atoms with van der Waals surface area (Å²) in [6.45, 7) is 7.07. The molecule has 1 N–H and O–H groups in total. The molecule has 2 saturated heterocycles. The van der Waals surface area contributed by atoms with Gasteiger partial charge in [0.2, 0.25) is 0 Å². The van der Waals surface area contributed by atoms with Crippen molar-refractivity contribution in [3.05, 3.63) is 30.1 Å². The van der Waals surface area contributed by atoms with Crippen LogP contribution in [-0.2, 0) is 0 Å². The summed E-state index contributed by atoms with van der Waals surface area (Å²) in [6, 6.07) is 6.32. The molecule has 0 aromatic heterocycles. The van der Waals surface area contributed by atoms with E-state index in [-0.39, 0.29) is 17.9 Å². The van der Waals surface area contributed by atoms with E-state index in [1.54, 1.807) is 17.0 Å². The number of nitrogens with zero attached hydrogens (tertiary/aromatic N) is 3. The van der Waals surface area contributed by atoms with Crippen molar-refractivity contribution in [3.8, 4) is 0 Å². The quantitative estimate of drug-likeness (QED) is 0.852. The van der Waals surface area contributed by atoms with E-state index in [4.69, 9.17) is 0 Å². The number of anilines is 1. The van der Waals surface area contributed by atoms with E-state index in [0.717, 1.165) is 44.7 Å². The van der Waals surface area contributed by atoms with E-state index < -0.39 is 5.54 Å². The number of urea groups is 1. The number of benzene rings is 1. The number of hydrogen-bond donors (Lipinski definition) is 1. The van der Waals surface area contributed by atoms with Gasteiger partial charge in [-0.05, 0) is 56.8 Å². The van der Waals surface area contributed by atoms with Crippen LogP contribution in [0.2, 0.25) is 0 Å². The van der Waals surface area contributed by atoms with Gasteiger partial charge >= 0.3 is 6.03 Å². The van der Waals surface area contributed by atoms with Crippen molar-refractivity contribution in [2.45, 2.75) is 44.7 Å². The maximum Gasteiger partial charge on any atom is 0.350 e. The average molecular weight is 344 g/mol. The molecular formula is C19H25FN4O. The van der Waals surface area contributed by atoms with Gasteiger partial charge in [-0.1, -0.05) is 13.0 Å². The van der Waals surface area contributed by atoms with Crippen molar-refractivity contribution < 1.29 is 9.18 Å². The normalized spacial score (nSPS) is 32.6. The third-order valence-electron chi connectivity index (χ3n) is 5.70. The number of aliphatic imine (C=N–C) groups is 1. The highest BCUT2D eigenvalue weighted by molar-refractivity contribution is 6.16. The SMILES string of the molecule is CC1CCN(C2=NC(=O)N(c3cccc(F)c3)C23CCNC(C)C3)C1. The van der Waals surface area contributed by atoms with Crippen molar-refractivity contribution in [1.29, 1.82) is 0 Å². The van der Waals surface area contributed by atoms with Crippen LogP contribution in [0.25, 0.3) is 0 Å². The van der Waals surface area contributed by atoms with Gasteiger partial charge in [-0.25, -0.2) is 9.18 Å². The number of amidine groups is 1. The lowest BCUT2D eigenvalue weighted by atomic mass is 9.81. The molecule has 1 spiro atoms. The number of piperidine rings is 1. The van der Waals surface area contributed by atoms with E-state index in [0.29, 0.717) is 11.6 Å². The van der Waals surface area contributed by atoms with Gasteiger partial charge in [0.1, 0.15) is 17.2 Å². The Bertz CT molecular complexity index is 721. The summed E-state index contributed by atoms with van der Waals surface area (Å²) in [5.74, 6) is 1.17. The zero-order chi connectivity index (χ0) is 17.6. The second-order valence-corrected chi connectivity index (χ2v) is 7.71. The predicted octanol–water partition coefficient (Wildman–Crippen LogP) is 3.02. The molecule has 3 atom stereocenters. The van der Waals surface area contributed by atoms with Crippen molar-refractivity contribution in [2.75, 3.05) is 24.5 Å². The van der Waals surface area contributed by atoms with Gasteiger partial charge in [0, 0.05) is 24.8 Å². The molecule has 2 amide bonds. The molecule has 3 aliphatic rings. The van der Waals surface area contributed by atoms with Crippen molar-refractivity contribution >= 4 is 17.6 Å². The first-order valence-corrected chi connectivity index (χ1v) is 9.17. The van der Waals surface area contributed by atoms with Crippen LogP contribution < -0.4 is 10.2 Å². The third kappa shape index (κ3) is 2.72. The summed E-state index contributed by atoms with van der Waals surface area (Å²) in [6.07, 6.45) is 2.71. The van der Waals surface area contributed by atoms with Crippen molar-refractivity contribution in [2.24, 2.45) is 10.9 Å². The Hall–Kier alpha value is -1.95. The first kappa shape index (κ1) is 16.5. The van der Waals surface area contributed by atoms with Gasteiger partial charge < -0.3 is 10.2 Å². The van der Waals surface area contributed by atoms with E-state index in [1.807, 2.05) is 0 Å². The summed E-state index contributed by atoms with van der Waals surface area (Å²) in [5.41, 5.74) is 0.129. The van der Waals surface area contributed by atoms with Gasteiger partial charge in [0.05, 0.1) is 0 Å². The second kappa shape index (κ2) is 6.09. The molecule has 3 aliphatic heterocycles. The van der Waals surface area contributed by atoms with Crippen LogP contribution in [0.1, 0.15) is 33.1 Å². The van der Waals surface area contributed by atoms with Gasteiger partial charge in [-0.3, -0.25) is 4.90 Å². The Labute approximate surface area is 147 Å². The molecule has 134 valence electrons. The second-order valence-electron chi connectivity index (χ2n) is 7.71. The summed E-state index contributed by atoms with van der Waals surface area (Å²) < 4.78 is 13.8. The van der Waals surface area contributed by atoms with Crippen molar-refractivity contribution in [1.82, 2.24) is 10.2 Å². The first-order chi connectivity index (χ1) is 12.0. The minimum Gasteiger partial charge on any atom is -0.358 e. The van der Waals surface area contributed by atoms with E-state index >= 15 is 0 Å². The van der Waals surface area contributed by atoms with Crippen LogP contribution in [0.4, 0.5) is 14.9 Å². The molecule has 6 heteroatoms. The molecule has 1 aromatic rings. The fourth-order valence-corrected chi connectivity index (χ4v) is 4.61. The van der Waals surface area contributed by atoms with E-state index in [1.165, 1.54) is 12.1 Å². The van der Waals surface area contributed by atoms with E-state index in [2.05, 4.69) is 29.1 Å². The van der Waals surface area contributed by atoms with Crippen LogP contribution in [0.3, 0.4) is 0 Å². The van der Waals surface area contributed by atoms with Crippen molar-refractivity contribution in [3.63, 3.8) is 0 Å². The molecule has 0 aliphatic carbocycles. The number of likely N-dealkylation sites (tertiary alicyclic amines) is 1. The van der Waals surface area contributed by atoms with Crippen LogP contribution in [0.15, 0.2) is 29.3 Å². The Morgan fingerprint density at radius 1 is 1.36 bits per heavy atom. The number of carbonyl (C=O) groups is 1. The van der Waals surface area contributed by atoms with Crippen LogP contribution >= 0.6 is 0 Å². The highest BCUT2D eigenvalue weighted by Gasteiger charge is 2.54. The maximum atomic E-state index is 13.8. The molecular weight excluding hydrogens is 319 g/mol. The van der Waals surface area contributed by atoms with Crippen LogP contribution in [0.5, 0.6) is 0 Å². The predicted molar refractivity (Wildman–Crippen MR) is 96.5 cm³/mol. The van der Waals surface area contributed by atoms with Gasteiger partial charge in [-0.2, -0.15) is 4.99 Å². The van der Waals surface area contributed by atoms with Gasteiger partial charge in [0.15, 0.2) is 0 Å². The molecule has 3 unspecified atom stereocenters. The number of hydrogen-bond acceptors (Lipinski definition) is 3. The molecule has 2 fully saturated rings. The van der Waals surface area contributed by atoms with Crippen LogP contribution in [0, 0.1) is 11.7 Å². The Kier molecular flexibility index (Phi) is 4.02. The molecule has 3 heterocycles. The lowest BCUT2D eigenvalue weighted by Crippen LogP contribution is -2.62. The minimum absolute atomic E-state index is 0.269. The average Bonchev–Trinajstić information content (AvgIpc) is 3.09. The molecule has 1 aromatic carbocycles. The molecule has 0 bridgehead atoms. The standard InChI is InChI=1S/C19H25FN4O/c1-13-6-9-23(12-13)17-19(7-8-21-14(2)11-19)24(18(25)22-17)16-5-3-4-15(20)10-16/h3-5,10,13-14,21H,6-9,11-12H2,1-2H3. The minimum atomic E-state index is -0.473. The fourth-order valence-electron chi connectivity index (χ4n) is 4.61. The monoisotopic (exact) mass is 344 g/mol. The fraction of sp³-hybridized carbons (Fsp3) is 0.579. The highest BCUT2D eigenvalue weighted by atomic mass is 19.1. The Morgan fingerprint density at radius 2 is 2.20 bits per heavy atom. The first-order valence-electron chi connectivity index (χ1n) is 9.17. The Morgan fingerprint density at radius 3 is 2.88 bits per heavy atom. The highest BCUT2D eigenvalue weighted by Crippen LogP contribution is 2.41. The van der Waals surface area contributed by atoms with Crippen LogP contribution in [-0.4, -0.2) is 48.0 Å². The lowest BCUT2D eigenvalue weighted by Gasteiger charge is -2.46. The number of halogens is 1.